The second-order valence-electron chi connectivity index (χ2n) is 3.54. The van der Waals surface area contributed by atoms with Gasteiger partial charge in [-0.2, -0.15) is 4.98 Å². The highest BCUT2D eigenvalue weighted by molar-refractivity contribution is 5.90. The van der Waals surface area contributed by atoms with Crippen LogP contribution in [0.1, 0.15) is 22.1 Å². The molecule has 6 heteroatoms. The first-order valence-electron chi connectivity index (χ1n) is 5.28. The normalized spacial score (nSPS) is 10.7. The fourth-order valence-corrected chi connectivity index (χ4v) is 1.34. The molecule has 0 aliphatic carbocycles. The lowest BCUT2D eigenvalue weighted by atomic mass is 10.2. The Kier molecular flexibility index (Phi) is 3.38. The Bertz CT molecular complexity index is 589. The first-order chi connectivity index (χ1) is 8.69. The Morgan fingerprint density at radius 1 is 1.44 bits per heavy atom. The number of hydrogen-bond donors (Lipinski definition) is 2. The molecule has 2 rings (SSSR count). The second kappa shape index (κ2) is 5.13. The Balaban J connectivity index is 2.14. The van der Waals surface area contributed by atoms with Crippen molar-refractivity contribution in [3.8, 4) is 0 Å². The molecular formula is C12H12N4O2. The maximum atomic E-state index is 11.2. The van der Waals surface area contributed by atoms with Crippen LogP contribution in [-0.4, -0.2) is 23.1 Å². The highest BCUT2D eigenvalue weighted by atomic mass is 16.5. The number of hydrogen-bond acceptors (Lipinski definition) is 5. The lowest BCUT2D eigenvalue weighted by molar-refractivity contribution is 0.0950. The summed E-state index contributed by atoms with van der Waals surface area (Å²) >= 11 is 0. The van der Waals surface area contributed by atoms with Crippen molar-refractivity contribution in [2.24, 2.45) is 0 Å². The molecule has 18 heavy (non-hydrogen) atoms. The minimum Gasteiger partial charge on any atom is -0.399 e. The van der Waals surface area contributed by atoms with Gasteiger partial charge in [0.15, 0.2) is 0 Å². The van der Waals surface area contributed by atoms with E-state index in [0.717, 1.165) is 5.56 Å². The molecule has 0 aliphatic heterocycles. The summed E-state index contributed by atoms with van der Waals surface area (Å²) in [7, 11) is 1.50. The van der Waals surface area contributed by atoms with Crippen molar-refractivity contribution < 1.29 is 9.32 Å². The van der Waals surface area contributed by atoms with Crippen molar-refractivity contribution in [2.75, 3.05) is 12.8 Å². The van der Waals surface area contributed by atoms with Crippen molar-refractivity contribution in [2.45, 2.75) is 0 Å². The van der Waals surface area contributed by atoms with Gasteiger partial charge in [0.25, 0.3) is 17.6 Å². The van der Waals surface area contributed by atoms with Gasteiger partial charge in [-0.3, -0.25) is 4.79 Å². The molecule has 0 saturated heterocycles. The fourth-order valence-electron chi connectivity index (χ4n) is 1.34. The van der Waals surface area contributed by atoms with E-state index in [-0.39, 0.29) is 17.6 Å². The molecule has 2 aromatic rings. The van der Waals surface area contributed by atoms with E-state index >= 15 is 0 Å². The van der Waals surface area contributed by atoms with E-state index in [1.165, 1.54) is 7.05 Å². The molecule has 0 unspecified atom stereocenters. The zero-order valence-corrected chi connectivity index (χ0v) is 9.75. The zero-order chi connectivity index (χ0) is 13.0. The Morgan fingerprint density at radius 2 is 2.28 bits per heavy atom. The van der Waals surface area contributed by atoms with Crippen molar-refractivity contribution in [3.05, 3.63) is 41.5 Å². The zero-order valence-electron chi connectivity index (χ0n) is 9.75. The van der Waals surface area contributed by atoms with Crippen LogP contribution in [0, 0.1) is 0 Å². The van der Waals surface area contributed by atoms with Crippen LogP contribution in [0.4, 0.5) is 5.69 Å². The van der Waals surface area contributed by atoms with E-state index in [1.54, 1.807) is 18.2 Å². The van der Waals surface area contributed by atoms with Crippen molar-refractivity contribution >= 4 is 23.7 Å². The minimum absolute atomic E-state index is 0.00438. The predicted octanol–water partition coefficient (Wildman–Crippen LogP) is 1.18. The fraction of sp³-hybridized carbons (Fsp3) is 0.0833. The number of nitrogens with two attached hydrogens (primary N) is 1. The number of nitrogens with zero attached hydrogens (tertiary/aromatic N) is 2. The maximum Gasteiger partial charge on any atom is 0.292 e. The quantitative estimate of drug-likeness (QED) is 0.791. The lowest BCUT2D eigenvalue weighted by Gasteiger charge is -1.94. The first-order valence-corrected chi connectivity index (χ1v) is 5.28. The van der Waals surface area contributed by atoms with Crippen molar-refractivity contribution in [1.82, 2.24) is 15.5 Å². The number of amides is 1. The van der Waals surface area contributed by atoms with Gasteiger partial charge in [-0.25, -0.2) is 0 Å². The maximum absolute atomic E-state index is 11.2. The standard InChI is InChI=1S/C12H12N4O2/c1-14-12(17)11-15-10(18-16-11)6-5-8-3-2-4-9(13)7-8/h2-7H,13H2,1H3,(H,14,17)/b6-5+. The Labute approximate surface area is 103 Å². The van der Waals surface area contributed by atoms with Gasteiger partial charge in [-0.05, 0) is 23.8 Å². The van der Waals surface area contributed by atoms with Crippen LogP contribution < -0.4 is 11.1 Å². The van der Waals surface area contributed by atoms with Gasteiger partial charge >= 0.3 is 0 Å². The van der Waals surface area contributed by atoms with Gasteiger partial charge in [-0.1, -0.05) is 17.3 Å². The SMILES string of the molecule is CNC(=O)c1noc(/C=C/c2cccc(N)c2)n1. The third kappa shape index (κ3) is 2.73. The number of anilines is 1. The molecule has 1 amide bonds. The van der Waals surface area contributed by atoms with E-state index in [4.69, 9.17) is 10.3 Å². The van der Waals surface area contributed by atoms with Gasteiger partial charge in [-0.15, -0.1) is 0 Å². The topological polar surface area (TPSA) is 94.0 Å². The van der Waals surface area contributed by atoms with Crippen LogP contribution in [0.2, 0.25) is 0 Å². The van der Waals surface area contributed by atoms with E-state index in [2.05, 4.69) is 15.5 Å². The van der Waals surface area contributed by atoms with Crippen LogP contribution in [0.25, 0.3) is 12.2 Å². The molecule has 0 spiro atoms. The smallest absolute Gasteiger partial charge is 0.292 e. The van der Waals surface area contributed by atoms with E-state index in [9.17, 15) is 4.79 Å². The Hall–Kier alpha value is -2.63. The van der Waals surface area contributed by atoms with E-state index in [0.29, 0.717) is 5.69 Å². The summed E-state index contributed by atoms with van der Waals surface area (Å²) in [6.45, 7) is 0. The molecule has 0 fully saturated rings. The minimum atomic E-state index is -0.387. The molecule has 0 radical (unpaired) electrons. The molecular weight excluding hydrogens is 232 g/mol. The van der Waals surface area contributed by atoms with Crippen LogP contribution >= 0.6 is 0 Å². The molecule has 0 bridgehead atoms. The average molecular weight is 244 g/mol. The first kappa shape index (κ1) is 11.8. The summed E-state index contributed by atoms with van der Waals surface area (Å²) in [6.07, 6.45) is 3.39. The summed E-state index contributed by atoms with van der Waals surface area (Å²) in [5.41, 5.74) is 7.24. The van der Waals surface area contributed by atoms with Gasteiger partial charge in [0.1, 0.15) is 0 Å². The number of nitrogens with one attached hydrogen (secondary N) is 1. The highest BCUT2D eigenvalue weighted by Crippen LogP contribution is 2.10. The number of aromatic nitrogens is 2. The van der Waals surface area contributed by atoms with Crippen LogP contribution in [0.5, 0.6) is 0 Å². The molecule has 92 valence electrons. The van der Waals surface area contributed by atoms with E-state index < -0.39 is 0 Å². The van der Waals surface area contributed by atoms with Crippen molar-refractivity contribution in [3.63, 3.8) is 0 Å². The molecule has 6 nitrogen and oxygen atoms in total. The Morgan fingerprint density at radius 3 is 3.00 bits per heavy atom. The summed E-state index contributed by atoms with van der Waals surface area (Å²) in [6, 6.07) is 7.35. The number of nitrogen functional groups attached to an aromatic ring is 1. The lowest BCUT2D eigenvalue weighted by Crippen LogP contribution is -2.19. The van der Waals surface area contributed by atoms with Crippen LogP contribution in [0.15, 0.2) is 28.8 Å². The number of rotatable bonds is 3. The third-order valence-electron chi connectivity index (χ3n) is 2.20. The molecule has 0 saturated carbocycles. The van der Waals surface area contributed by atoms with Gasteiger partial charge in [0, 0.05) is 18.8 Å². The summed E-state index contributed by atoms with van der Waals surface area (Å²) < 4.78 is 4.90. The molecule has 0 atom stereocenters. The average Bonchev–Trinajstić information content (AvgIpc) is 2.84. The molecule has 0 aliphatic rings. The van der Waals surface area contributed by atoms with Gasteiger partial charge in [0.2, 0.25) is 0 Å². The second-order valence-corrected chi connectivity index (χ2v) is 3.54. The number of benzene rings is 1. The van der Waals surface area contributed by atoms with E-state index in [1.807, 2.05) is 18.2 Å². The summed E-state index contributed by atoms with van der Waals surface area (Å²) in [5, 5.41) is 5.95. The summed E-state index contributed by atoms with van der Waals surface area (Å²) in [5.74, 6) is -0.122. The predicted molar refractivity (Wildman–Crippen MR) is 67.5 cm³/mol. The molecule has 1 aromatic carbocycles. The van der Waals surface area contributed by atoms with Crippen LogP contribution in [0.3, 0.4) is 0 Å². The highest BCUT2D eigenvalue weighted by Gasteiger charge is 2.10. The van der Waals surface area contributed by atoms with Crippen molar-refractivity contribution in [1.29, 1.82) is 0 Å². The summed E-state index contributed by atoms with van der Waals surface area (Å²) in [4.78, 5) is 15.1. The third-order valence-corrected chi connectivity index (χ3v) is 2.20. The molecule has 1 aromatic heterocycles. The monoisotopic (exact) mass is 244 g/mol. The number of carbonyl (C=O) groups excluding carboxylic acids is 1. The molecule has 3 N–H and O–H groups in total. The van der Waals surface area contributed by atoms with Gasteiger partial charge < -0.3 is 15.6 Å². The van der Waals surface area contributed by atoms with Crippen LogP contribution in [-0.2, 0) is 0 Å². The number of carbonyl (C=O) groups is 1. The molecule has 1 heterocycles. The largest absolute Gasteiger partial charge is 0.399 e. The van der Waals surface area contributed by atoms with Gasteiger partial charge in [0.05, 0.1) is 0 Å².